The van der Waals surface area contributed by atoms with E-state index in [2.05, 4.69) is 21.2 Å². The van der Waals surface area contributed by atoms with Gasteiger partial charge in [0.2, 0.25) is 5.91 Å². The molecular weight excluding hydrogens is 273 g/mol. The number of rotatable bonds is 0. The molecule has 1 heterocycles. The van der Waals surface area contributed by atoms with Crippen molar-refractivity contribution in [2.75, 3.05) is 0 Å². The van der Waals surface area contributed by atoms with Crippen LogP contribution in [0.2, 0.25) is 0 Å². The van der Waals surface area contributed by atoms with Crippen LogP contribution in [-0.4, -0.2) is 33.8 Å². The molecule has 1 amide bonds. The van der Waals surface area contributed by atoms with Crippen LogP contribution in [0.3, 0.4) is 0 Å². The summed E-state index contributed by atoms with van der Waals surface area (Å²) in [6.45, 7) is 0. The average molecular weight is 281 g/mol. The number of aliphatic hydroxyl groups is 1. The van der Waals surface area contributed by atoms with E-state index in [1.54, 1.807) is 0 Å². The van der Waals surface area contributed by atoms with E-state index in [1.165, 1.54) is 6.08 Å². The Hall–Kier alpha value is -0.390. The van der Waals surface area contributed by atoms with E-state index in [0.717, 1.165) is 0 Å². The van der Waals surface area contributed by atoms with Gasteiger partial charge in [0.1, 0.15) is 11.0 Å². The van der Waals surface area contributed by atoms with Crippen LogP contribution in [0.1, 0.15) is 6.42 Å². The summed E-state index contributed by atoms with van der Waals surface area (Å²) in [4.78, 5) is 22.5. The highest BCUT2D eigenvalue weighted by atomic mass is 79.9. The van der Waals surface area contributed by atoms with Gasteiger partial charge in [-0.25, -0.2) is 0 Å². The number of halogens is 2. The Balaban J connectivity index is 2.45. The molecule has 1 aliphatic heterocycles. The van der Waals surface area contributed by atoms with Crippen molar-refractivity contribution in [2.24, 2.45) is 0 Å². The first kappa shape index (κ1) is 10.1. The highest BCUT2D eigenvalue weighted by Gasteiger charge is 2.52. The first-order chi connectivity index (χ1) is 6.44. The van der Waals surface area contributed by atoms with Gasteiger partial charge in [0, 0.05) is 0 Å². The molecule has 1 saturated heterocycles. The number of hydrogen-bond donors (Lipinski definition) is 2. The molecule has 14 heavy (non-hydrogen) atoms. The van der Waals surface area contributed by atoms with Crippen LogP contribution in [0.15, 0.2) is 10.6 Å². The van der Waals surface area contributed by atoms with E-state index >= 15 is 0 Å². The molecular formula is C8H7BrClNO3. The normalized spacial score (nSPS) is 41.8. The zero-order valence-corrected chi connectivity index (χ0v) is 9.30. The molecule has 4 nitrogen and oxygen atoms in total. The van der Waals surface area contributed by atoms with Gasteiger partial charge >= 0.3 is 0 Å². The number of carbonyl (C=O) groups is 2. The first-order valence-electron chi connectivity index (χ1n) is 4.02. The summed E-state index contributed by atoms with van der Waals surface area (Å²) < 4.78 is 0.229. The summed E-state index contributed by atoms with van der Waals surface area (Å²) in [5.74, 6) is -0.613. The van der Waals surface area contributed by atoms with Crippen molar-refractivity contribution in [2.45, 2.75) is 23.4 Å². The van der Waals surface area contributed by atoms with Gasteiger partial charge in [-0.2, -0.15) is 0 Å². The second kappa shape index (κ2) is 3.05. The van der Waals surface area contributed by atoms with Gasteiger partial charge < -0.3 is 10.4 Å². The zero-order chi connectivity index (χ0) is 10.5. The molecule has 1 aliphatic carbocycles. The molecule has 0 saturated carbocycles. The molecule has 3 atom stereocenters. The van der Waals surface area contributed by atoms with Gasteiger partial charge in [0.15, 0.2) is 5.78 Å². The maximum absolute atomic E-state index is 11.4. The van der Waals surface area contributed by atoms with Crippen molar-refractivity contribution in [3.8, 4) is 0 Å². The Kier molecular flexibility index (Phi) is 2.21. The third-order valence-electron chi connectivity index (χ3n) is 2.45. The van der Waals surface area contributed by atoms with E-state index in [1.807, 2.05) is 0 Å². The summed E-state index contributed by atoms with van der Waals surface area (Å²) in [5.41, 5.74) is -1.34. The van der Waals surface area contributed by atoms with Gasteiger partial charge in [-0.1, -0.05) is 0 Å². The molecule has 2 rings (SSSR count). The number of hydrogen-bond acceptors (Lipinski definition) is 3. The summed E-state index contributed by atoms with van der Waals surface area (Å²) in [5, 5.41) is 11.6. The van der Waals surface area contributed by atoms with Crippen LogP contribution in [0, 0.1) is 0 Å². The second-order valence-electron chi connectivity index (χ2n) is 3.47. The largest absolute Gasteiger partial charge is 0.383 e. The van der Waals surface area contributed by atoms with Crippen molar-refractivity contribution in [1.29, 1.82) is 0 Å². The fraction of sp³-hybridized carbons (Fsp3) is 0.500. The summed E-state index contributed by atoms with van der Waals surface area (Å²) in [6, 6.07) is -0.717. The number of ketones is 1. The number of amides is 1. The topological polar surface area (TPSA) is 66.4 Å². The van der Waals surface area contributed by atoms with Gasteiger partial charge in [0.25, 0.3) is 0 Å². The molecule has 0 aromatic heterocycles. The number of allylic oxidation sites excluding steroid dienone is 1. The molecule has 0 bridgehead atoms. The van der Waals surface area contributed by atoms with Gasteiger partial charge in [-0.15, -0.1) is 11.6 Å². The third kappa shape index (κ3) is 1.31. The van der Waals surface area contributed by atoms with E-state index in [9.17, 15) is 14.7 Å². The predicted octanol–water partition coefficient (Wildman–Crippen LogP) is 0.0749. The lowest BCUT2D eigenvalue weighted by Crippen LogP contribution is -2.53. The average Bonchev–Trinajstić information content (AvgIpc) is 2.37. The smallest absolute Gasteiger partial charge is 0.223 e. The van der Waals surface area contributed by atoms with Crippen molar-refractivity contribution < 1.29 is 14.7 Å². The van der Waals surface area contributed by atoms with Crippen LogP contribution < -0.4 is 5.32 Å². The number of Topliss-reactive ketones (excluding diaryl/α,β-unsaturated/α-hetero) is 1. The molecule has 6 heteroatoms. The summed E-state index contributed by atoms with van der Waals surface area (Å²) in [6.07, 6.45) is 1.29. The number of nitrogens with one attached hydrogen (secondary N) is 1. The first-order valence-corrected chi connectivity index (χ1v) is 5.25. The van der Waals surface area contributed by atoms with Gasteiger partial charge in [-0.3, -0.25) is 9.59 Å². The minimum Gasteiger partial charge on any atom is -0.383 e. The predicted molar refractivity (Wildman–Crippen MR) is 53.2 cm³/mol. The molecule has 76 valence electrons. The molecule has 2 N–H and O–H groups in total. The minimum atomic E-state index is -1.34. The van der Waals surface area contributed by atoms with Crippen LogP contribution in [-0.2, 0) is 9.59 Å². The minimum absolute atomic E-state index is 0.0523. The lowest BCUT2D eigenvalue weighted by molar-refractivity contribution is -0.120. The fourth-order valence-electron chi connectivity index (χ4n) is 1.76. The standard InChI is InChI=1S/C8H7BrClNO3/c9-3-1-8(14)2-4(12)11-7(8)5(10)6(3)13/h1,5,7,14H,2H2,(H,11,12). The summed E-state index contributed by atoms with van der Waals surface area (Å²) in [7, 11) is 0. The molecule has 0 aromatic carbocycles. The lowest BCUT2D eigenvalue weighted by atomic mass is 9.86. The van der Waals surface area contributed by atoms with Crippen molar-refractivity contribution in [3.05, 3.63) is 10.6 Å². The molecule has 0 radical (unpaired) electrons. The quantitative estimate of drug-likeness (QED) is 0.617. The monoisotopic (exact) mass is 279 g/mol. The van der Waals surface area contributed by atoms with E-state index in [4.69, 9.17) is 11.6 Å². The van der Waals surface area contributed by atoms with Crippen molar-refractivity contribution in [3.63, 3.8) is 0 Å². The van der Waals surface area contributed by atoms with Crippen LogP contribution in [0.4, 0.5) is 0 Å². The third-order valence-corrected chi connectivity index (χ3v) is 3.52. The Morgan fingerprint density at radius 3 is 2.93 bits per heavy atom. The van der Waals surface area contributed by atoms with Crippen LogP contribution in [0.25, 0.3) is 0 Å². The Labute approximate surface area is 93.4 Å². The number of carbonyl (C=O) groups excluding carboxylic acids is 2. The van der Waals surface area contributed by atoms with Crippen molar-refractivity contribution >= 4 is 39.2 Å². The van der Waals surface area contributed by atoms with Gasteiger partial charge in [-0.05, 0) is 22.0 Å². The highest BCUT2D eigenvalue weighted by molar-refractivity contribution is 9.12. The van der Waals surface area contributed by atoms with E-state index in [0.29, 0.717) is 0 Å². The Bertz CT molecular complexity index is 356. The lowest BCUT2D eigenvalue weighted by Gasteiger charge is -2.32. The molecule has 2 aliphatic rings. The molecule has 0 spiro atoms. The number of fused-ring (bicyclic) bond motifs is 1. The SMILES string of the molecule is O=C1CC2(O)C=C(Br)C(=O)C(Cl)C2N1. The highest BCUT2D eigenvalue weighted by Crippen LogP contribution is 2.36. The second-order valence-corrected chi connectivity index (χ2v) is 4.80. The van der Waals surface area contributed by atoms with Crippen molar-refractivity contribution in [1.82, 2.24) is 5.32 Å². The fourth-order valence-corrected chi connectivity index (χ4v) is 2.93. The Morgan fingerprint density at radius 1 is 1.64 bits per heavy atom. The van der Waals surface area contributed by atoms with Crippen LogP contribution in [0.5, 0.6) is 0 Å². The maximum atomic E-state index is 11.4. The number of alkyl halides is 1. The van der Waals surface area contributed by atoms with Gasteiger partial charge in [0.05, 0.1) is 16.9 Å². The van der Waals surface area contributed by atoms with E-state index < -0.39 is 17.0 Å². The Morgan fingerprint density at radius 2 is 2.29 bits per heavy atom. The maximum Gasteiger partial charge on any atom is 0.223 e. The van der Waals surface area contributed by atoms with Crippen LogP contribution >= 0.6 is 27.5 Å². The molecule has 1 fully saturated rings. The van der Waals surface area contributed by atoms with E-state index in [-0.39, 0.29) is 22.6 Å². The summed E-state index contributed by atoms with van der Waals surface area (Å²) >= 11 is 8.84. The molecule has 0 aromatic rings. The zero-order valence-electron chi connectivity index (χ0n) is 6.96. The molecule has 3 unspecified atom stereocenters.